The third-order valence-corrected chi connectivity index (χ3v) is 3.77. The summed E-state index contributed by atoms with van der Waals surface area (Å²) in [5, 5.41) is 12.3. The Morgan fingerprint density at radius 3 is 2.59 bits per heavy atom. The van der Waals surface area contributed by atoms with E-state index in [0.717, 1.165) is 32.1 Å². The summed E-state index contributed by atoms with van der Waals surface area (Å²) in [5.74, 6) is -0.0826. The molecule has 0 aromatic heterocycles. The van der Waals surface area contributed by atoms with Crippen LogP contribution in [-0.2, 0) is 9.59 Å². The smallest absolute Gasteiger partial charge is 0.240 e. The maximum Gasteiger partial charge on any atom is 0.240 e. The predicted molar refractivity (Wildman–Crippen MR) is 62.2 cm³/mol. The van der Waals surface area contributed by atoms with Crippen LogP contribution in [0.4, 0.5) is 0 Å². The fourth-order valence-electron chi connectivity index (χ4n) is 2.75. The van der Waals surface area contributed by atoms with Gasteiger partial charge in [-0.3, -0.25) is 9.59 Å². The molecule has 1 heterocycles. The quantitative estimate of drug-likeness (QED) is 0.728. The van der Waals surface area contributed by atoms with Crippen LogP contribution in [-0.4, -0.2) is 47.1 Å². The molecule has 2 aliphatic rings. The molecule has 2 amide bonds. The highest BCUT2D eigenvalue weighted by Crippen LogP contribution is 2.29. The Bertz CT molecular complexity index is 311. The molecule has 0 aromatic carbocycles. The van der Waals surface area contributed by atoms with Gasteiger partial charge in [0.25, 0.3) is 0 Å². The summed E-state index contributed by atoms with van der Waals surface area (Å²) >= 11 is 0. The van der Waals surface area contributed by atoms with Crippen molar-refractivity contribution in [3.05, 3.63) is 0 Å². The molecule has 0 radical (unpaired) electrons. The first-order valence-corrected chi connectivity index (χ1v) is 6.35. The number of nitrogens with one attached hydrogen (secondary N) is 1. The van der Waals surface area contributed by atoms with Crippen molar-refractivity contribution in [1.82, 2.24) is 10.2 Å². The Kier molecular flexibility index (Phi) is 3.66. The lowest BCUT2D eigenvalue weighted by Crippen LogP contribution is -2.52. The minimum absolute atomic E-state index is 0.00726. The third kappa shape index (κ3) is 2.77. The van der Waals surface area contributed by atoms with E-state index in [0.29, 0.717) is 13.0 Å². The fourth-order valence-corrected chi connectivity index (χ4v) is 2.75. The van der Waals surface area contributed by atoms with E-state index >= 15 is 0 Å². The average Bonchev–Trinajstić information content (AvgIpc) is 2.90. The summed E-state index contributed by atoms with van der Waals surface area (Å²) in [4.78, 5) is 24.8. The summed E-state index contributed by atoms with van der Waals surface area (Å²) in [5.41, 5.74) is -0.431. The molecule has 1 saturated carbocycles. The van der Waals surface area contributed by atoms with Gasteiger partial charge in [0.15, 0.2) is 0 Å². The lowest BCUT2D eigenvalue weighted by molar-refractivity contribution is -0.134. The van der Waals surface area contributed by atoms with Gasteiger partial charge in [0, 0.05) is 13.0 Å². The summed E-state index contributed by atoms with van der Waals surface area (Å²) in [6.45, 7) is 0.811. The molecule has 5 heteroatoms. The molecular weight excluding hydrogens is 220 g/mol. The number of nitrogens with zero attached hydrogens (tertiary/aromatic N) is 1. The summed E-state index contributed by atoms with van der Waals surface area (Å²) < 4.78 is 0. The van der Waals surface area contributed by atoms with E-state index in [-0.39, 0.29) is 25.0 Å². The van der Waals surface area contributed by atoms with Gasteiger partial charge in [-0.05, 0) is 19.3 Å². The van der Waals surface area contributed by atoms with Gasteiger partial charge in [0.1, 0.15) is 0 Å². The standard InChI is InChI=1S/C12H20N2O3/c15-9-12(5-1-2-6-12)13-10(16)8-14-7-3-4-11(14)17/h15H,1-9H2,(H,13,16). The van der Waals surface area contributed by atoms with Crippen molar-refractivity contribution in [2.24, 2.45) is 0 Å². The van der Waals surface area contributed by atoms with Gasteiger partial charge in [0.2, 0.25) is 11.8 Å². The maximum atomic E-state index is 11.8. The van der Waals surface area contributed by atoms with Crippen molar-refractivity contribution in [3.8, 4) is 0 Å². The Morgan fingerprint density at radius 2 is 2.06 bits per heavy atom. The second-order valence-electron chi connectivity index (χ2n) is 5.11. The molecule has 1 aliphatic carbocycles. The number of hydrogen-bond acceptors (Lipinski definition) is 3. The van der Waals surface area contributed by atoms with Crippen LogP contribution in [0.2, 0.25) is 0 Å². The van der Waals surface area contributed by atoms with Crippen LogP contribution >= 0.6 is 0 Å². The van der Waals surface area contributed by atoms with Crippen LogP contribution in [0.15, 0.2) is 0 Å². The zero-order valence-corrected chi connectivity index (χ0v) is 10.1. The minimum Gasteiger partial charge on any atom is -0.394 e. The zero-order chi connectivity index (χ0) is 12.3. The molecule has 0 unspecified atom stereocenters. The summed E-state index contributed by atoms with van der Waals surface area (Å²) in [6.07, 6.45) is 5.16. The van der Waals surface area contributed by atoms with E-state index in [2.05, 4.69) is 5.32 Å². The van der Waals surface area contributed by atoms with Crippen LogP contribution < -0.4 is 5.32 Å². The molecule has 0 bridgehead atoms. The lowest BCUT2D eigenvalue weighted by atomic mass is 9.99. The summed E-state index contributed by atoms with van der Waals surface area (Å²) in [6, 6.07) is 0. The van der Waals surface area contributed by atoms with Crippen molar-refractivity contribution in [2.45, 2.75) is 44.1 Å². The third-order valence-electron chi connectivity index (χ3n) is 3.77. The second kappa shape index (κ2) is 5.04. The van der Waals surface area contributed by atoms with Crippen molar-refractivity contribution in [3.63, 3.8) is 0 Å². The lowest BCUT2D eigenvalue weighted by Gasteiger charge is -2.29. The molecule has 5 nitrogen and oxygen atoms in total. The van der Waals surface area contributed by atoms with Gasteiger partial charge < -0.3 is 15.3 Å². The van der Waals surface area contributed by atoms with Crippen LogP contribution in [0.1, 0.15) is 38.5 Å². The van der Waals surface area contributed by atoms with Gasteiger partial charge in [-0.15, -0.1) is 0 Å². The summed E-state index contributed by atoms with van der Waals surface area (Å²) in [7, 11) is 0. The first kappa shape index (κ1) is 12.4. The molecule has 2 N–H and O–H groups in total. The Hall–Kier alpha value is -1.10. The normalized spacial score (nSPS) is 23.1. The monoisotopic (exact) mass is 240 g/mol. The van der Waals surface area contributed by atoms with E-state index in [1.165, 1.54) is 0 Å². The number of carbonyl (C=O) groups is 2. The molecule has 2 fully saturated rings. The van der Waals surface area contributed by atoms with Crippen molar-refractivity contribution in [1.29, 1.82) is 0 Å². The highest BCUT2D eigenvalue weighted by atomic mass is 16.3. The van der Waals surface area contributed by atoms with Crippen LogP contribution in [0.3, 0.4) is 0 Å². The first-order chi connectivity index (χ1) is 8.15. The minimum atomic E-state index is -0.431. The Labute approximate surface area is 101 Å². The highest BCUT2D eigenvalue weighted by molar-refractivity contribution is 5.86. The van der Waals surface area contributed by atoms with Gasteiger partial charge in [-0.2, -0.15) is 0 Å². The molecule has 2 rings (SSSR count). The topological polar surface area (TPSA) is 69.6 Å². The van der Waals surface area contributed by atoms with Crippen LogP contribution in [0, 0.1) is 0 Å². The SMILES string of the molecule is O=C(CN1CCCC1=O)NC1(CO)CCCC1. The molecule has 0 atom stereocenters. The molecule has 1 saturated heterocycles. The molecule has 0 spiro atoms. The second-order valence-corrected chi connectivity index (χ2v) is 5.11. The van der Waals surface area contributed by atoms with Crippen LogP contribution in [0.5, 0.6) is 0 Å². The van der Waals surface area contributed by atoms with Crippen LogP contribution in [0.25, 0.3) is 0 Å². The highest BCUT2D eigenvalue weighted by Gasteiger charge is 2.35. The number of aliphatic hydroxyl groups excluding tert-OH is 1. The Balaban J connectivity index is 1.86. The van der Waals surface area contributed by atoms with E-state index in [4.69, 9.17) is 0 Å². The van der Waals surface area contributed by atoms with E-state index < -0.39 is 5.54 Å². The van der Waals surface area contributed by atoms with Gasteiger partial charge in [0.05, 0.1) is 18.7 Å². The number of amides is 2. The maximum absolute atomic E-state index is 11.8. The van der Waals surface area contributed by atoms with Gasteiger partial charge in [-0.1, -0.05) is 12.8 Å². The van der Waals surface area contributed by atoms with E-state index in [1.807, 2.05) is 0 Å². The van der Waals surface area contributed by atoms with Crippen molar-refractivity contribution < 1.29 is 14.7 Å². The molecule has 17 heavy (non-hydrogen) atoms. The van der Waals surface area contributed by atoms with Gasteiger partial charge >= 0.3 is 0 Å². The predicted octanol–water partition coefficient (Wildman–Crippen LogP) is 0.0301. The Morgan fingerprint density at radius 1 is 1.35 bits per heavy atom. The molecule has 96 valence electrons. The van der Waals surface area contributed by atoms with E-state index in [1.54, 1.807) is 4.90 Å². The number of aliphatic hydroxyl groups is 1. The number of likely N-dealkylation sites (tertiary alicyclic amines) is 1. The molecule has 1 aliphatic heterocycles. The van der Waals surface area contributed by atoms with Crippen molar-refractivity contribution >= 4 is 11.8 Å². The van der Waals surface area contributed by atoms with Crippen molar-refractivity contribution in [2.75, 3.05) is 19.7 Å². The molecule has 0 aromatic rings. The first-order valence-electron chi connectivity index (χ1n) is 6.35. The number of hydrogen-bond donors (Lipinski definition) is 2. The fraction of sp³-hybridized carbons (Fsp3) is 0.833. The van der Waals surface area contributed by atoms with Gasteiger partial charge in [-0.25, -0.2) is 0 Å². The average molecular weight is 240 g/mol. The molecular formula is C12H20N2O3. The number of carbonyl (C=O) groups excluding carboxylic acids is 2. The van der Waals surface area contributed by atoms with E-state index in [9.17, 15) is 14.7 Å². The zero-order valence-electron chi connectivity index (χ0n) is 10.1. The number of rotatable bonds is 4. The largest absolute Gasteiger partial charge is 0.394 e.